The van der Waals surface area contributed by atoms with Gasteiger partial charge in [-0.05, 0) is 34.9 Å². The lowest BCUT2D eigenvalue weighted by atomic mass is 9.76. The van der Waals surface area contributed by atoms with Crippen LogP contribution in [0.15, 0.2) is 126 Å². The maximum Gasteiger partial charge on any atom is 0.332 e. The predicted octanol–water partition coefficient (Wildman–Crippen LogP) is 6.22. The first-order valence-electron chi connectivity index (χ1n) is 13.5. The molecular formula is C34H27FN4O2. The molecular weight excluding hydrogens is 515 g/mol. The lowest BCUT2D eigenvalue weighted by Crippen LogP contribution is -2.45. The second-order valence-electron chi connectivity index (χ2n) is 9.82. The third kappa shape index (κ3) is 4.45. The molecule has 0 fully saturated rings. The van der Waals surface area contributed by atoms with Crippen molar-refractivity contribution < 1.29 is 9.18 Å². The Kier molecular flexibility index (Phi) is 6.85. The van der Waals surface area contributed by atoms with E-state index in [1.54, 1.807) is 35.9 Å². The SMILES string of the molecule is CCC(=O)Cn1c(=O)n(C(c2ccccc2)(c2ccccc2)c2ccccc2)c2ncc(-c3cccc(F)n3)cc21. The quantitative estimate of drug-likeness (QED) is 0.169. The van der Waals surface area contributed by atoms with Gasteiger partial charge in [0.2, 0.25) is 5.95 Å². The van der Waals surface area contributed by atoms with E-state index in [1.165, 1.54) is 10.6 Å². The summed E-state index contributed by atoms with van der Waals surface area (Å²) in [4.78, 5) is 36.3. The van der Waals surface area contributed by atoms with E-state index in [0.29, 0.717) is 22.4 Å². The van der Waals surface area contributed by atoms with Gasteiger partial charge in [0.05, 0.1) is 17.8 Å². The van der Waals surface area contributed by atoms with Gasteiger partial charge in [-0.2, -0.15) is 4.39 Å². The Morgan fingerprint density at radius 2 is 1.37 bits per heavy atom. The maximum atomic E-state index is 14.7. The number of ketones is 1. The number of carbonyl (C=O) groups is 1. The summed E-state index contributed by atoms with van der Waals surface area (Å²) in [6.45, 7) is 1.66. The minimum absolute atomic E-state index is 0.0924. The molecule has 6 nitrogen and oxygen atoms in total. The number of imidazole rings is 1. The molecule has 0 bridgehead atoms. The van der Waals surface area contributed by atoms with Crippen molar-refractivity contribution in [1.82, 2.24) is 19.1 Å². The smallest absolute Gasteiger partial charge is 0.298 e. The highest BCUT2D eigenvalue weighted by atomic mass is 19.1. The number of Topliss-reactive ketones (excluding diaryl/α,β-unsaturated/α-hetero) is 1. The summed E-state index contributed by atoms with van der Waals surface area (Å²) in [7, 11) is 0. The van der Waals surface area contributed by atoms with Crippen molar-refractivity contribution in [2.75, 3.05) is 0 Å². The van der Waals surface area contributed by atoms with Crippen LogP contribution in [0.3, 0.4) is 0 Å². The van der Waals surface area contributed by atoms with Crippen molar-refractivity contribution in [2.45, 2.75) is 25.4 Å². The first-order valence-corrected chi connectivity index (χ1v) is 13.5. The monoisotopic (exact) mass is 542 g/mol. The second-order valence-corrected chi connectivity index (χ2v) is 9.82. The van der Waals surface area contributed by atoms with Crippen LogP contribution >= 0.6 is 0 Å². The second kappa shape index (κ2) is 10.8. The van der Waals surface area contributed by atoms with Crippen LogP contribution in [0.1, 0.15) is 30.0 Å². The Morgan fingerprint density at radius 1 is 0.805 bits per heavy atom. The van der Waals surface area contributed by atoms with Crippen molar-refractivity contribution >= 4 is 16.9 Å². The topological polar surface area (TPSA) is 69.8 Å². The highest BCUT2D eigenvalue weighted by Gasteiger charge is 2.42. The molecule has 0 aliphatic rings. The number of pyridine rings is 2. The Labute approximate surface area is 236 Å². The van der Waals surface area contributed by atoms with Gasteiger partial charge in [-0.15, -0.1) is 0 Å². The number of carbonyl (C=O) groups excluding carboxylic acids is 1. The molecule has 0 radical (unpaired) electrons. The number of aromatic nitrogens is 4. The molecule has 3 aromatic carbocycles. The summed E-state index contributed by atoms with van der Waals surface area (Å²) in [5.41, 5.74) is 2.86. The van der Waals surface area contributed by atoms with E-state index in [-0.39, 0.29) is 24.4 Å². The van der Waals surface area contributed by atoms with Crippen LogP contribution in [0.4, 0.5) is 4.39 Å². The highest BCUT2D eigenvalue weighted by Crippen LogP contribution is 2.41. The fraction of sp³-hybridized carbons (Fsp3) is 0.118. The van der Waals surface area contributed by atoms with Gasteiger partial charge in [0.25, 0.3) is 0 Å². The zero-order valence-electron chi connectivity index (χ0n) is 22.4. The summed E-state index contributed by atoms with van der Waals surface area (Å²) in [5.74, 6) is -0.708. The van der Waals surface area contributed by atoms with Crippen LogP contribution in [0.2, 0.25) is 0 Å². The Hall–Kier alpha value is -5.17. The van der Waals surface area contributed by atoms with Gasteiger partial charge in [-0.3, -0.25) is 13.9 Å². The van der Waals surface area contributed by atoms with Crippen molar-refractivity contribution in [3.05, 3.63) is 155 Å². The molecule has 0 spiro atoms. The molecule has 0 saturated carbocycles. The van der Waals surface area contributed by atoms with Gasteiger partial charge < -0.3 is 0 Å². The number of hydrogen-bond acceptors (Lipinski definition) is 4. The molecule has 202 valence electrons. The maximum absolute atomic E-state index is 14.7. The zero-order valence-corrected chi connectivity index (χ0v) is 22.4. The van der Waals surface area contributed by atoms with Crippen molar-refractivity contribution in [1.29, 1.82) is 0 Å². The first-order chi connectivity index (χ1) is 20.0. The summed E-state index contributed by atoms with van der Waals surface area (Å²) >= 11 is 0. The number of halogens is 1. The van der Waals surface area contributed by atoms with Crippen LogP contribution in [0, 0.1) is 5.95 Å². The van der Waals surface area contributed by atoms with Gasteiger partial charge >= 0.3 is 5.69 Å². The van der Waals surface area contributed by atoms with E-state index in [4.69, 9.17) is 4.98 Å². The number of rotatable bonds is 8. The van der Waals surface area contributed by atoms with E-state index < -0.39 is 11.5 Å². The molecule has 0 N–H and O–H groups in total. The van der Waals surface area contributed by atoms with Crippen LogP contribution in [0.5, 0.6) is 0 Å². The van der Waals surface area contributed by atoms with E-state index in [2.05, 4.69) is 4.98 Å². The average Bonchev–Trinajstić information content (AvgIpc) is 3.29. The van der Waals surface area contributed by atoms with E-state index in [0.717, 1.165) is 16.7 Å². The zero-order chi connectivity index (χ0) is 28.4. The molecule has 3 aromatic heterocycles. The average molecular weight is 543 g/mol. The summed E-state index contributed by atoms with van der Waals surface area (Å²) in [6.07, 6.45) is 1.87. The summed E-state index contributed by atoms with van der Waals surface area (Å²) in [6, 6.07) is 35.8. The molecule has 0 atom stereocenters. The normalized spacial score (nSPS) is 11.6. The largest absolute Gasteiger partial charge is 0.332 e. The van der Waals surface area contributed by atoms with Crippen molar-refractivity contribution in [3.8, 4) is 11.3 Å². The standard InChI is InChI=1S/C34H27FN4O2/c1-2-28(40)23-38-30-21-24(29-19-12-20-31(35)37-29)22-36-32(30)39(33(38)41)34(25-13-6-3-7-14-25,26-15-8-4-9-16-26)27-17-10-5-11-18-27/h3-22H,2,23H2,1H3. The number of benzene rings is 3. The molecule has 7 heteroatoms. The molecule has 6 aromatic rings. The molecule has 6 rings (SSSR count). The van der Waals surface area contributed by atoms with E-state index in [9.17, 15) is 14.0 Å². The van der Waals surface area contributed by atoms with Crippen molar-refractivity contribution in [3.63, 3.8) is 0 Å². The van der Waals surface area contributed by atoms with Gasteiger partial charge in [0, 0.05) is 18.2 Å². The minimum atomic E-state index is -1.12. The van der Waals surface area contributed by atoms with E-state index >= 15 is 0 Å². The Morgan fingerprint density at radius 3 is 1.88 bits per heavy atom. The highest BCUT2D eigenvalue weighted by molar-refractivity contribution is 5.83. The molecule has 0 amide bonds. The van der Waals surface area contributed by atoms with Crippen molar-refractivity contribution in [2.24, 2.45) is 0 Å². The first kappa shape index (κ1) is 26.1. The fourth-order valence-electron chi connectivity index (χ4n) is 5.51. The summed E-state index contributed by atoms with van der Waals surface area (Å²) < 4.78 is 17.2. The van der Waals surface area contributed by atoms with Crippen LogP contribution in [-0.2, 0) is 16.9 Å². The Bertz CT molecular complexity index is 1800. The molecule has 0 unspecified atom stereocenters. The fourth-order valence-corrected chi connectivity index (χ4v) is 5.51. The number of nitrogens with zero attached hydrogens (tertiary/aromatic N) is 4. The lowest BCUT2D eigenvalue weighted by molar-refractivity contribution is -0.119. The third-order valence-electron chi connectivity index (χ3n) is 7.42. The van der Waals surface area contributed by atoms with Gasteiger partial charge in [-0.25, -0.2) is 14.8 Å². The van der Waals surface area contributed by atoms with Crippen LogP contribution in [0.25, 0.3) is 22.4 Å². The van der Waals surface area contributed by atoms with Gasteiger partial charge in [0.1, 0.15) is 5.54 Å². The van der Waals surface area contributed by atoms with E-state index in [1.807, 2.05) is 91.0 Å². The van der Waals surface area contributed by atoms with Crippen LogP contribution < -0.4 is 5.69 Å². The Balaban J connectivity index is 1.77. The molecule has 41 heavy (non-hydrogen) atoms. The predicted molar refractivity (Wildman–Crippen MR) is 157 cm³/mol. The van der Waals surface area contributed by atoms with Gasteiger partial charge in [-0.1, -0.05) is 104 Å². The van der Waals surface area contributed by atoms with Gasteiger partial charge in [0.15, 0.2) is 11.4 Å². The lowest BCUT2D eigenvalue weighted by Gasteiger charge is -2.37. The van der Waals surface area contributed by atoms with Crippen LogP contribution in [-0.4, -0.2) is 24.9 Å². The molecule has 0 aliphatic heterocycles. The number of hydrogen-bond donors (Lipinski definition) is 0. The molecule has 0 aliphatic carbocycles. The molecule has 0 saturated heterocycles. The molecule has 3 heterocycles. The number of fused-ring (bicyclic) bond motifs is 1. The third-order valence-corrected chi connectivity index (χ3v) is 7.42. The minimum Gasteiger partial charge on any atom is -0.298 e. The summed E-state index contributed by atoms with van der Waals surface area (Å²) in [5, 5.41) is 0.